The molecule has 12 nitrogen and oxygen atoms in total. The lowest BCUT2D eigenvalue weighted by atomic mass is 9.95. The van der Waals surface area contributed by atoms with Crippen LogP contribution >= 0.6 is 0 Å². The molecule has 0 saturated carbocycles. The van der Waals surface area contributed by atoms with Crippen LogP contribution in [0.4, 0.5) is 10.5 Å². The van der Waals surface area contributed by atoms with Crippen molar-refractivity contribution in [3.8, 4) is 0 Å². The van der Waals surface area contributed by atoms with Gasteiger partial charge < -0.3 is 31.3 Å². The molecule has 1 aliphatic heterocycles. The summed E-state index contributed by atoms with van der Waals surface area (Å²) in [5.74, 6) is -4.04. The normalized spacial score (nSPS) is 15.6. The summed E-state index contributed by atoms with van der Waals surface area (Å²) in [4.78, 5) is 78.8. The second kappa shape index (κ2) is 18.0. The third kappa shape index (κ3) is 10.8. The van der Waals surface area contributed by atoms with Gasteiger partial charge in [0, 0.05) is 24.6 Å². The van der Waals surface area contributed by atoms with Gasteiger partial charge in [0.25, 0.3) is 5.91 Å². The Hall–Kier alpha value is -5.52. The van der Waals surface area contributed by atoms with Gasteiger partial charge in [-0.2, -0.15) is 0 Å². The fourth-order valence-electron chi connectivity index (χ4n) is 5.33. The Morgan fingerprint density at radius 2 is 1.35 bits per heavy atom. The van der Waals surface area contributed by atoms with Gasteiger partial charge in [-0.15, -0.1) is 0 Å². The topological polar surface area (TPSA) is 172 Å². The van der Waals surface area contributed by atoms with Crippen LogP contribution in [0.5, 0.6) is 0 Å². The molecule has 0 unspecified atom stereocenters. The van der Waals surface area contributed by atoms with Crippen LogP contribution in [0.2, 0.25) is 0 Å². The van der Waals surface area contributed by atoms with E-state index in [2.05, 4.69) is 26.6 Å². The number of amides is 5. The molecular weight excluding hydrogens is 614 g/mol. The van der Waals surface area contributed by atoms with Crippen molar-refractivity contribution in [2.45, 2.75) is 63.8 Å². The van der Waals surface area contributed by atoms with Gasteiger partial charge in [-0.25, -0.2) is 4.79 Å². The SMILES string of the molecule is CCC[C@H](NC(=O)[C@@H](Cc1ccccc1)NC(=O)OCc1ccccc1)C(=O)N[C@@H](C[C@@H]1CCNC1=O)C(=O)C(=O)Nc1ccccc1. The van der Waals surface area contributed by atoms with Crippen LogP contribution in [0.3, 0.4) is 0 Å². The van der Waals surface area contributed by atoms with E-state index in [1.807, 2.05) is 43.3 Å². The highest BCUT2D eigenvalue weighted by Crippen LogP contribution is 2.18. The summed E-state index contributed by atoms with van der Waals surface area (Å²) < 4.78 is 5.34. The minimum atomic E-state index is -1.32. The standard InChI is InChI=1S/C36H41N5O7/c1-2-12-28(33(44)40-29(22-26-19-20-37-32(26)43)31(42)35(46)38-27-17-10-5-11-18-27)39-34(45)30(21-24-13-6-3-7-14-24)41-36(47)48-23-25-15-8-4-9-16-25/h3-11,13-18,26,28-30H,2,12,19-23H2,1H3,(H,37,43)(H,38,46)(H,39,45)(H,40,44)(H,41,47)/t26-,28-,29-,30+/m0/s1. The Balaban J connectivity index is 1.47. The number of ketones is 1. The number of benzene rings is 3. The number of rotatable bonds is 16. The summed E-state index contributed by atoms with van der Waals surface area (Å²) in [7, 11) is 0. The van der Waals surface area contributed by atoms with E-state index in [-0.39, 0.29) is 31.8 Å². The fraction of sp³-hybridized carbons (Fsp3) is 0.333. The Bertz CT molecular complexity index is 1550. The van der Waals surface area contributed by atoms with Gasteiger partial charge in [-0.1, -0.05) is 92.2 Å². The maximum absolute atomic E-state index is 13.7. The molecule has 3 aromatic rings. The molecule has 5 amide bonds. The first kappa shape index (κ1) is 35.3. The molecule has 4 rings (SSSR count). The smallest absolute Gasteiger partial charge is 0.408 e. The Morgan fingerprint density at radius 1 is 0.771 bits per heavy atom. The van der Waals surface area contributed by atoms with Crippen LogP contribution in [-0.4, -0.2) is 60.2 Å². The zero-order valence-corrected chi connectivity index (χ0v) is 26.8. The quantitative estimate of drug-likeness (QED) is 0.148. The van der Waals surface area contributed by atoms with Gasteiger partial charge >= 0.3 is 6.09 Å². The average molecular weight is 656 g/mol. The molecule has 3 aromatic carbocycles. The highest BCUT2D eigenvalue weighted by atomic mass is 16.5. The molecule has 1 heterocycles. The molecule has 4 atom stereocenters. The number of ether oxygens (including phenoxy) is 1. The number of hydrogen-bond donors (Lipinski definition) is 5. The van der Waals surface area contributed by atoms with Crippen LogP contribution < -0.4 is 26.6 Å². The first-order chi connectivity index (χ1) is 23.2. The van der Waals surface area contributed by atoms with Gasteiger partial charge in [-0.3, -0.25) is 24.0 Å². The van der Waals surface area contributed by atoms with E-state index in [0.717, 1.165) is 11.1 Å². The lowest BCUT2D eigenvalue weighted by Gasteiger charge is -2.25. The first-order valence-electron chi connectivity index (χ1n) is 16.0. The Kier molecular flexibility index (Phi) is 13.2. The van der Waals surface area contributed by atoms with E-state index < -0.39 is 53.6 Å². The fourth-order valence-corrected chi connectivity index (χ4v) is 5.33. The first-order valence-corrected chi connectivity index (χ1v) is 16.0. The largest absolute Gasteiger partial charge is 0.445 e. The predicted octanol–water partition coefficient (Wildman–Crippen LogP) is 3.03. The molecular formula is C36H41N5O7. The summed E-state index contributed by atoms with van der Waals surface area (Å²) in [6, 6.07) is 23.0. The number of anilines is 1. The van der Waals surface area contributed by atoms with Crippen molar-refractivity contribution in [2.24, 2.45) is 5.92 Å². The molecule has 0 aliphatic carbocycles. The third-order valence-electron chi connectivity index (χ3n) is 7.89. The van der Waals surface area contributed by atoms with Crippen LogP contribution in [0.15, 0.2) is 91.0 Å². The van der Waals surface area contributed by atoms with Crippen molar-refractivity contribution in [3.05, 3.63) is 102 Å². The van der Waals surface area contributed by atoms with Gasteiger partial charge in [0.1, 0.15) is 18.7 Å². The molecule has 252 valence electrons. The second-order valence-corrected chi connectivity index (χ2v) is 11.6. The van der Waals surface area contributed by atoms with Crippen molar-refractivity contribution in [1.29, 1.82) is 0 Å². The average Bonchev–Trinajstić information content (AvgIpc) is 3.51. The molecule has 1 saturated heterocycles. The van der Waals surface area contributed by atoms with E-state index in [1.165, 1.54) is 0 Å². The molecule has 5 N–H and O–H groups in total. The zero-order valence-electron chi connectivity index (χ0n) is 26.8. The lowest BCUT2D eigenvalue weighted by Crippen LogP contribution is -2.57. The van der Waals surface area contributed by atoms with Crippen molar-refractivity contribution in [2.75, 3.05) is 11.9 Å². The van der Waals surface area contributed by atoms with Crippen molar-refractivity contribution in [3.63, 3.8) is 0 Å². The van der Waals surface area contributed by atoms with E-state index in [1.54, 1.807) is 54.6 Å². The summed E-state index contributed by atoms with van der Waals surface area (Å²) in [6.45, 7) is 2.25. The van der Waals surface area contributed by atoms with E-state index in [0.29, 0.717) is 25.1 Å². The number of nitrogens with one attached hydrogen (secondary N) is 5. The highest BCUT2D eigenvalue weighted by Gasteiger charge is 2.36. The minimum absolute atomic E-state index is 0.000497. The van der Waals surface area contributed by atoms with E-state index >= 15 is 0 Å². The third-order valence-corrected chi connectivity index (χ3v) is 7.89. The molecule has 0 spiro atoms. The molecule has 0 radical (unpaired) electrons. The number of Topliss-reactive ketones (excluding diaryl/α,β-unsaturated/α-hetero) is 1. The number of carbonyl (C=O) groups excluding carboxylic acids is 6. The summed E-state index contributed by atoms with van der Waals surface area (Å²) >= 11 is 0. The van der Waals surface area contributed by atoms with Gasteiger partial charge in [0.15, 0.2) is 0 Å². The van der Waals surface area contributed by atoms with Gasteiger partial charge in [0.2, 0.25) is 23.5 Å². The minimum Gasteiger partial charge on any atom is -0.445 e. The molecule has 0 bridgehead atoms. The monoisotopic (exact) mass is 655 g/mol. The van der Waals surface area contributed by atoms with Crippen LogP contribution in [0, 0.1) is 5.92 Å². The molecule has 12 heteroatoms. The van der Waals surface area contributed by atoms with Gasteiger partial charge in [0.05, 0.1) is 6.04 Å². The summed E-state index contributed by atoms with van der Waals surface area (Å²) in [5.41, 5.74) is 1.94. The lowest BCUT2D eigenvalue weighted by molar-refractivity contribution is -0.138. The Morgan fingerprint density at radius 3 is 1.96 bits per heavy atom. The zero-order chi connectivity index (χ0) is 34.3. The molecule has 1 fully saturated rings. The number of alkyl carbamates (subject to hydrolysis) is 1. The Labute approximate surface area is 279 Å². The molecule has 1 aliphatic rings. The van der Waals surface area contributed by atoms with Crippen LogP contribution in [-0.2, 0) is 41.7 Å². The summed E-state index contributed by atoms with van der Waals surface area (Å²) in [5, 5.41) is 13.2. The van der Waals surface area contributed by atoms with Crippen LogP contribution in [0.1, 0.15) is 43.7 Å². The van der Waals surface area contributed by atoms with E-state index in [4.69, 9.17) is 4.74 Å². The van der Waals surface area contributed by atoms with E-state index in [9.17, 15) is 28.8 Å². The second-order valence-electron chi connectivity index (χ2n) is 11.6. The molecule has 48 heavy (non-hydrogen) atoms. The molecule has 0 aromatic heterocycles. The van der Waals surface area contributed by atoms with Crippen molar-refractivity contribution in [1.82, 2.24) is 21.3 Å². The summed E-state index contributed by atoms with van der Waals surface area (Å²) in [6.07, 6.45) is 0.362. The predicted molar refractivity (Wildman–Crippen MR) is 178 cm³/mol. The van der Waals surface area contributed by atoms with Crippen molar-refractivity contribution < 1.29 is 33.5 Å². The highest BCUT2D eigenvalue weighted by molar-refractivity contribution is 6.42. The maximum Gasteiger partial charge on any atom is 0.408 e. The maximum atomic E-state index is 13.7. The number of carbonyl (C=O) groups is 6. The number of para-hydroxylation sites is 1. The van der Waals surface area contributed by atoms with Crippen LogP contribution in [0.25, 0.3) is 0 Å². The van der Waals surface area contributed by atoms with Gasteiger partial charge in [-0.05, 0) is 42.5 Å². The number of hydrogen-bond acceptors (Lipinski definition) is 7. The van der Waals surface area contributed by atoms with Crippen molar-refractivity contribution >= 4 is 41.2 Å².